The van der Waals surface area contributed by atoms with Gasteiger partial charge in [0.1, 0.15) is 11.6 Å². The number of hydrogen-bond donors (Lipinski definition) is 1. The number of nitrogens with zero attached hydrogens (tertiary/aromatic N) is 1. The van der Waals surface area contributed by atoms with E-state index in [1.807, 2.05) is 0 Å². The van der Waals surface area contributed by atoms with Crippen LogP contribution in [0.15, 0.2) is 16.9 Å². The quantitative estimate of drug-likeness (QED) is 0.817. The molecule has 5 heteroatoms. The molecule has 0 amide bonds. The van der Waals surface area contributed by atoms with E-state index in [1.54, 1.807) is 26.2 Å². The summed E-state index contributed by atoms with van der Waals surface area (Å²) >= 11 is 2.13. The number of nitrogens with one attached hydrogen (secondary N) is 1. The van der Waals surface area contributed by atoms with Crippen LogP contribution in [0.4, 0.5) is 0 Å². The molecule has 1 aromatic carbocycles. The first-order chi connectivity index (χ1) is 7.11. The average Bonchev–Trinajstić information content (AvgIpc) is 2.18. The fraction of sp³-hybridized carbons (Fsp3) is 0.200. The Balaban J connectivity index is 2.87. The zero-order valence-corrected chi connectivity index (χ0v) is 10.5. The van der Waals surface area contributed by atoms with Gasteiger partial charge in [0.25, 0.3) is 5.56 Å². The summed E-state index contributed by atoms with van der Waals surface area (Å²) in [7, 11) is 1.60. The lowest BCUT2D eigenvalue weighted by molar-refractivity contribution is 0.412. The fourth-order valence-electron chi connectivity index (χ4n) is 1.41. The lowest BCUT2D eigenvalue weighted by Crippen LogP contribution is -2.10. The summed E-state index contributed by atoms with van der Waals surface area (Å²) in [6, 6.07) is 3.55. The van der Waals surface area contributed by atoms with E-state index in [9.17, 15) is 4.79 Å². The number of fused-ring (bicyclic) bond motifs is 1. The van der Waals surface area contributed by atoms with Crippen molar-refractivity contribution in [3.63, 3.8) is 0 Å². The summed E-state index contributed by atoms with van der Waals surface area (Å²) < 4.78 is 6.07. The molecule has 0 aliphatic heterocycles. The summed E-state index contributed by atoms with van der Waals surface area (Å²) in [5.41, 5.74) is 0.548. The molecule has 0 saturated heterocycles. The van der Waals surface area contributed by atoms with Crippen molar-refractivity contribution in [1.82, 2.24) is 9.97 Å². The number of aromatic amines is 1. The lowest BCUT2D eigenvalue weighted by atomic mass is 10.2. The van der Waals surface area contributed by atoms with Gasteiger partial charge < -0.3 is 9.72 Å². The topological polar surface area (TPSA) is 55.0 Å². The minimum absolute atomic E-state index is 0.113. The number of H-pyrrole nitrogens is 1. The van der Waals surface area contributed by atoms with Gasteiger partial charge in [-0.25, -0.2) is 4.98 Å². The minimum Gasteiger partial charge on any atom is -0.496 e. The van der Waals surface area contributed by atoms with E-state index in [0.717, 1.165) is 9.32 Å². The van der Waals surface area contributed by atoms with Gasteiger partial charge in [-0.3, -0.25) is 4.79 Å². The molecule has 4 nitrogen and oxygen atoms in total. The first-order valence-corrected chi connectivity index (χ1v) is 5.44. The molecule has 0 radical (unpaired) electrons. The Morgan fingerprint density at radius 1 is 1.47 bits per heavy atom. The maximum absolute atomic E-state index is 11.6. The molecule has 0 atom stereocenters. The number of methoxy groups -OCH3 is 1. The van der Waals surface area contributed by atoms with Crippen molar-refractivity contribution in [2.45, 2.75) is 6.92 Å². The van der Waals surface area contributed by atoms with E-state index < -0.39 is 0 Å². The monoisotopic (exact) mass is 316 g/mol. The van der Waals surface area contributed by atoms with E-state index in [1.165, 1.54) is 0 Å². The van der Waals surface area contributed by atoms with Crippen molar-refractivity contribution in [3.05, 3.63) is 31.9 Å². The number of benzene rings is 1. The van der Waals surface area contributed by atoms with E-state index in [4.69, 9.17) is 4.74 Å². The third-order valence-corrected chi connectivity index (χ3v) is 2.94. The van der Waals surface area contributed by atoms with Crippen LogP contribution in [0.2, 0.25) is 0 Å². The van der Waals surface area contributed by atoms with Gasteiger partial charge in [-0.1, -0.05) is 0 Å². The van der Waals surface area contributed by atoms with Gasteiger partial charge in [0.2, 0.25) is 0 Å². The number of aromatic nitrogens is 2. The van der Waals surface area contributed by atoms with Gasteiger partial charge in [-0.2, -0.15) is 0 Å². The first kappa shape index (κ1) is 10.4. The van der Waals surface area contributed by atoms with Crippen molar-refractivity contribution in [2.75, 3.05) is 7.11 Å². The predicted molar refractivity (Wildman–Crippen MR) is 66.4 cm³/mol. The van der Waals surface area contributed by atoms with E-state index >= 15 is 0 Å². The van der Waals surface area contributed by atoms with Crippen LogP contribution in [-0.2, 0) is 0 Å². The van der Waals surface area contributed by atoms with Crippen molar-refractivity contribution in [3.8, 4) is 5.75 Å². The lowest BCUT2D eigenvalue weighted by Gasteiger charge is -2.05. The van der Waals surface area contributed by atoms with Crippen molar-refractivity contribution in [2.24, 2.45) is 0 Å². The summed E-state index contributed by atoms with van der Waals surface area (Å²) in [6.07, 6.45) is 0. The molecule has 0 spiro atoms. The van der Waals surface area contributed by atoms with Crippen LogP contribution in [0, 0.1) is 10.5 Å². The SMILES string of the molecule is COc1cc2nc(C)[nH]c(=O)c2cc1I. The van der Waals surface area contributed by atoms with Crippen LogP contribution in [-0.4, -0.2) is 17.1 Å². The van der Waals surface area contributed by atoms with Crippen LogP contribution >= 0.6 is 22.6 Å². The second-order valence-electron chi connectivity index (χ2n) is 3.16. The maximum atomic E-state index is 11.6. The van der Waals surface area contributed by atoms with Crippen LogP contribution < -0.4 is 10.3 Å². The fourth-order valence-corrected chi connectivity index (χ4v) is 2.10. The molecule has 1 N–H and O–H groups in total. The number of aryl methyl sites for hydroxylation is 1. The zero-order valence-electron chi connectivity index (χ0n) is 8.30. The molecule has 1 heterocycles. The van der Waals surface area contributed by atoms with Crippen molar-refractivity contribution in [1.29, 1.82) is 0 Å². The summed E-state index contributed by atoms with van der Waals surface area (Å²) in [5, 5.41) is 0.589. The standard InChI is InChI=1S/C10H9IN2O2/c1-5-12-8-4-9(15-2)7(11)3-6(8)10(14)13-5/h3-4H,1-2H3,(H,12,13,14). The predicted octanol–water partition coefficient (Wildman–Crippen LogP) is 1.84. The molecule has 0 bridgehead atoms. The number of rotatable bonds is 1. The Bertz CT molecular complexity index is 577. The average molecular weight is 316 g/mol. The maximum Gasteiger partial charge on any atom is 0.258 e. The third-order valence-electron chi connectivity index (χ3n) is 2.10. The van der Waals surface area contributed by atoms with Crippen molar-refractivity contribution < 1.29 is 4.74 Å². The molecule has 0 aliphatic rings. The van der Waals surface area contributed by atoms with Crippen LogP contribution in [0.25, 0.3) is 10.9 Å². The second-order valence-corrected chi connectivity index (χ2v) is 4.32. The smallest absolute Gasteiger partial charge is 0.258 e. The highest BCUT2D eigenvalue weighted by Gasteiger charge is 2.07. The molecule has 2 rings (SSSR count). The Morgan fingerprint density at radius 2 is 2.20 bits per heavy atom. The Labute approximate surface area is 99.8 Å². The van der Waals surface area contributed by atoms with Crippen molar-refractivity contribution >= 4 is 33.5 Å². The Hall–Kier alpha value is -1.11. The summed E-state index contributed by atoms with van der Waals surface area (Å²) in [5.74, 6) is 1.34. The Morgan fingerprint density at radius 3 is 2.87 bits per heavy atom. The van der Waals surface area contributed by atoms with Gasteiger partial charge in [0.05, 0.1) is 21.6 Å². The first-order valence-electron chi connectivity index (χ1n) is 4.36. The molecule has 1 aromatic heterocycles. The molecular formula is C10H9IN2O2. The minimum atomic E-state index is -0.113. The molecule has 0 unspecified atom stereocenters. The van der Waals surface area contributed by atoms with E-state index in [-0.39, 0.29) is 5.56 Å². The summed E-state index contributed by atoms with van der Waals surface area (Å²) in [4.78, 5) is 18.5. The molecule has 0 saturated carbocycles. The van der Waals surface area contributed by atoms with Gasteiger partial charge >= 0.3 is 0 Å². The van der Waals surface area contributed by atoms with E-state index in [2.05, 4.69) is 32.6 Å². The largest absolute Gasteiger partial charge is 0.496 e. The van der Waals surface area contributed by atoms with Crippen LogP contribution in [0.5, 0.6) is 5.75 Å². The third kappa shape index (κ3) is 1.83. The number of halogens is 1. The van der Waals surface area contributed by atoms with E-state index in [0.29, 0.717) is 16.7 Å². The normalized spacial score (nSPS) is 10.6. The van der Waals surface area contributed by atoms with Gasteiger partial charge in [-0.15, -0.1) is 0 Å². The van der Waals surface area contributed by atoms with Gasteiger partial charge in [0.15, 0.2) is 0 Å². The molecule has 15 heavy (non-hydrogen) atoms. The molecular weight excluding hydrogens is 307 g/mol. The van der Waals surface area contributed by atoms with Crippen LogP contribution in [0.3, 0.4) is 0 Å². The zero-order chi connectivity index (χ0) is 11.0. The van der Waals surface area contributed by atoms with Gasteiger partial charge in [0, 0.05) is 6.07 Å². The second kappa shape index (κ2) is 3.80. The highest BCUT2D eigenvalue weighted by Crippen LogP contribution is 2.24. The number of hydrogen-bond acceptors (Lipinski definition) is 3. The van der Waals surface area contributed by atoms with Gasteiger partial charge in [-0.05, 0) is 35.6 Å². The highest BCUT2D eigenvalue weighted by molar-refractivity contribution is 14.1. The summed E-state index contributed by atoms with van der Waals surface area (Å²) in [6.45, 7) is 1.76. The Kier molecular flexibility index (Phi) is 2.64. The molecule has 2 aromatic rings. The molecule has 78 valence electrons. The number of ether oxygens (including phenoxy) is 1. The van der Waals surface area contributed by atoms with Crippen LogP contribution in [0.1, 0.15) is 5.82 Å². The molecule has 0 aliphatic carbocycles. The highest BCUT2D eigenvalue weighted by atomic mass is 127. The molecule has 0 fully saturated rings.